The second-order valence-corrected chi connectivity index (χ2v) is 5.02. The second-order valence-electron chi connectivity index (χ2n) is 5.02. The summed E-state index contributed by atoms with van der Waals surface area (Å²) < 4.78 is 5.86. The van der Waals surface area contributed by atoms with Gasteiger partial charge in [-0.25, -0.2) is 0 Å². The van der Waals surface area contributed by atoms with E-state index in [1.54, 1.807) is 0 Å². The number of nitrogens with one attached hydrogen (secondary N) is 1. The van der Waals surface area contributed by atoms with Crippen LogP contribution < -0.4 is 10.1 Å². The Morgan fingerprint density at radius 2 is 1.85 bits per heavy atom. The molecule has 0 aliphatic carbocycles. The average molecular weight is 269 g/mol. The first-order valence-corrected chi connectivity index (χ1v) is 7.22. The molecule has 0 unspecified atom stereocenters. The highest BCUT2D eigenvalue weighted by Gasteiger charge is 2.08. The van der Waals surface area contributed by atoms with E-state index in [1.807, 2.05) is 19.2 Å². The summed E-state index contributed by atoms with van der Waals surface area (Å²) in [5.41, 5.74) is 5.01. The van der Waals surface area contributed by atoms with E-state index in [4.69, 9.17) is 4.74 Å². The summed E-state index contributed by atoms with van der Waals surface area (Å²) >= 11 is 0. The average Bonchev–Trinajstić information content (AvgIpc) is 2.46. The molecular formula is C18H23NO. The number of rotatable bonds is 6. The van der Waals surface area contributed by atoms with E-state index < -0.39 is 0 Å². The Morgan fingerprint density at radius 1 is 1.05 bits per heavy atom. The van der Waals surface area contributed by atoms with Gasteiger partial charge in [-0.15, -0.1) is 0 Å². The second kappa shape index (κ2) is 7.11. The van der Waals surface area contributed by atoms with E-state index >= 15 is 0 Å². The van der Waals surface area contributed by atoms with E-state index in [0.29, 0.717) is 0 Å². The van der Waals surface area contributed by atoms with Gasteiger partial charge in [0.2, 0.25) is 0 Å². The Kier molecular flexibility index (Phi) is 5.19. The fourth-order valence-electron chi connectivity index (χ4n) is 2.37. The summed E-state index contributed by atoms with van der Waals surface area (Å²) in [7, 11) is 1.97. The number of para-hydroxylation sites is 1. The van der Waals surface area contributed by atoms with Crippen molar-refractivity contribution in [1.29, 1.82) is 0 Å². The normalized spacial score (nSPS) is 10.6. The maximum atomic E-state index is 5.86. The molecule has 2 aromatic carbocycles. The van der Waals surface area contributed by atoms with E-state index in [1.165, 1.54) is 22.3 Å². The molecule has 0 aliphatic rings. The molecular weight excluding hydrogens is 246 g/mol. The minimum Gasteiger partial charge on any atom is -0.493 e. The quantitative estimate of drug-likeness (QED) is 0.849. The standard InChI is InChI=1S/C18H23NO/c1-4-11-20-18-8-6-5-7-17(18)16-10-9-15(13-19-3)12-14(16)2/h5-10,12,19H,4,11,13H2,1-3H3. The fraction of sp³-hybridized carbons (Fsp3) is 0.333. The number of hydrogen-bond donors (Lipinski definition) is 1. The summed E-state index contributed by atoms with van der Waals surface area (Å²) in [6.07, 6.45) is 1.02. The first kappa shape index (κ1) is 14.6. The molecule has 0 amide bonds. The van der Waals surface area contributed by atoms with Crippen LogP contribution >= 0.6 is 0 Å². The van der Waals surface area contributed by atoms with Gasteiger partial charge in [0.15, 0.2) is 0 Å². The van der Waals surface area contributed by atoms with Crippen LogP contribution in [-0.2, 0) is 6.54 Å². The molecule has 0 heterocycles. The molecule has 2 heteroatoms. The van der Waals surface area contributed by atoms with Gasteiger partial charge >= 0.3 is 0 Å². The molecule has 1 N–H and O–H groups in total. The Bertz CT molecular complexity index is 563. The third kappa shape index (κ3) is 3.40. The van der Waals surface area contributed by atoms with E-state index in [0.717, 1.165) is 25.3 Å². The molecule has 2 nitrogen and oxygen atoms in total. The smallest absolute Gasteiger partial charge is 0.127 e. The number of ether oxygens (including phenoxy) is 1. The molecule has 0 fully saturated rings. The first-order valence-electron chi connectivity index (χ1n) is 7.22. The third-order valence-corrected chi connectivity index (χ3v) is 3.31. The van der Waals surface area contributed by atoms with Crippen LogP contribution in [0, 0.1) is 6.92 Å². The van der Waals surface area contributed by atoms with Crippen molar-refractivity contribution in [3.05, 3.63) is 53.6 Å². The van der Waals surface area contributed by atoms with Crippen LogP contribution in [0.25, 0.3) is 11.1 Å². The van der Waals surface area contributed by atoms with E-state index in [2.05, 4.69) is 49.5 Å². The molecule has 0 aliphatic heterocycles. The van der Waals surface area contributed by atoms with Crippen molar-refractivity contribution < 1.29 is 4.74 Å². The molecule has 0 radical (unpaired) electrons. The van der Waals surface area contributed by atoms with Crippen molar-refractivity contribution in [2.75, 3.05) is 13.7 Å². The lowest BCUT2D eigenvalue weighted by Crippen LogP contribution is -2.05. The summed E-state index contributed by atoms with van der Waals surface area (Å²) in [6.45, 7) is 5.94. The molecule has 2 aromatic rings. The van der Waals surface area contributed by atoms with Crippen molar-refractivity contribution in [2.24, 2.45) is 0 Å². The summed E-state index contributed by atoms with van der Waals surface area (Å²) in [4.78, 5) is 0. The van der Waals surface area contributed by atoms with Crippen LogP contribution in [0.3, 0.4) is 0 Å². The molecule has 0 aromatic heterocycles. The molecule has 0 spiro atoms. The van der Waals surface area contributed by atoms with Gasteiger partial charge in [0.05, 0.1) is 6.61 Å². The minimum atomic E-state index is 0.758. The third-order valence-electron chi connectivity index (χ3n) is 3.31. The zero-order chi connectivity index (χ0) is 14.4. The van der Waals surface area contributed by atoms with Crippen LogP contribution in [0.4, 0.5) is 0 Å². The van der Waals surface area contributed by atoms with Crippen molar-refractivity contribution in [1.82, 2.24) is 5.32 Å². The van der Waals surface area contributed by atoms with Gasteiger partial charge in [0.25, 0.3) is 0 Å². The molecule has 0 bridgehead atoms. The number of aryl methyl sites for hydroxylation is 1. The minimum absolute atomic E-state index is 0.758. The van der Waals surface area contributed by atoms with Crippen LogP contribution in [-0.4, -0.2) is 13.7 Å². The highest BCUT2D eigenvalue weighted by Crippen LogP contribution is 2.32. The van der Waals surface area contributed by atoms with Gasteiger partial charge in [0.1, 0.15) is 5.75 Å². The molecule has 0 atom stereocenters. The van der Waals surface area contributed by atoms with Gasteiger partial charge in [-0.3, -0.25) is 0 Å². The van der Waals surface area contributed by atoms with Gasteiger partial charge in [-0.1, -0.05) is 43.3 Å². The monoisotopic (exact) mass is 269 g/mol. The van der Waals surface area contributed by atoms with Crippen LogP contribution in [0.1, 0.15) is 24.5 Å². The Morgan fingerprint density at radius 3 is 2.55 bits per heavy atom. The van der Waals surface area contributed by atoms with Crippen molar-refractivity contribution in [3.63, 3.8) is 0 Å². The summed E-state index contributed by atoms with van der Waals surface area (Å²) in [6, 6.07) is 14.9. The largest absolute Gasteiger partial charge is 0.493 e. The van der Waals surface area contributed by atoms with E-state index in [-0.39, 0.29) is 0 Å². The molecule has 0 saturated heterocycles. The lowest BCUT2D eigenvalue weighted by Gasteiger charge is -2.14. The zero-order valence-electron chi connectivity index (χ0n) is 12.6. The van der Waals surface area contributed by atoms with Gasteiger partial charge < -0.3 is 10.1 Å². The van der Waals surface area contributed by atoms with Gasteiger partial charge in [-0.2, -0.15) is 0 Å². The van der Waals surface area contributed by atoms with Crippen molar-refractivity contribution >= 4 is 0 Å². The highest BCUT2D eigenvalue weighted by molar-refractivity contribution is 5.73. The predicted molar refractivity (Wildman–Crippen MR) is 85.2 cm³/mol. The highest BCUT2D eigenvalue weighted by atomic mass is 16.5. The van der Waals surface area contributed by atoms with Crippen LogP contribution in [0.5, 0.6) is 5.75 Å². The molecule has 2 rings (SSSR count). The van der Waals surface area contributed by atoms with Crippen molar-refractivity contribution in [2.45, 2.75) is 26.8 Å². The first-order chi connectivity index (χ1) is 9.76. The Balaban J connectivity index is 2.36. The number of benzene rings is 2. The topological polar surface area (TPSA) is 21.3 Å². The maximum Gasteiger partial charge on any atom is 0.127 e. The lowest BCUT2D eigenvalue weighted by atomic mass is 9.97. The molecule has 106 valence electrons. The maximum absolute atomic E-state index is 5.86. The SMILES string of the molecule is CCCOc1ccccc1-c1ccc(CNC)cc1C. The van der Waals surface area contributed by atoms with Crippen LogP contribution in [0.15, 0.2) is 42.5 Å². The molecule has 20 heavy (non-hydrogen) atoms. The fourth-order valence-corrected chi connectivity index (χ4v) is 2.37. The number of hydrogen-bond acceptors (Lipinski definition) is 2. The molecule has 0 saturated carbocycles. The Labute approximate surface area is 121 Å². The Hall–Kier alpha value is -1.80. The van der Waals surface area contributed by atoms with E-state index in [9.17, 15) is 0 Å². The van der Waals surface area contributed by atoms with Crippen molar-refractivity contribution in [3.8, 4) is 16.9 Å². The predicted octanol–water partition coefficient (Wildman–Crippen LogP) is 4.17. The summed E-state index contributed by atoms with van der Waals surface area (Å²) in [5, 5.41) is 3.19. The van der Waals surface area contributed by atoms with Gasteiger partial charge in [-0.05, 0) is 43.1 Å². The van der Waals surface area contributed by atoms with Gasteiger partial charge in [0, 0.05) is 12.1 Å². The zero-order valence-corrected chi connectivity index (χ0v) is 12.6. The lowest BCUT2D eigenvalue weighted by molar-refractivity contribution is 0.318. The summed E-state index contributed by atoms with van der Waals surface area (Å²) in [5.74, 6) is 0.971. The van der Waals surface area contributed by atoms with Crippen LogP contribution in [0.2, 0.25) is 0 Å².